The Labute approximate surface area is 168 Å². The standard InChI is InChI=1S/C24H28N2O2/c1-4-16-26(23-15-12-20-8-6-7-9-22(20)23)18-24(27)25(3)17-19-10-13-21(14-11-19)28-5-2/h1,6-11,13-14,23H,5,12,15-18H2,2-3H3. The van der Waals surface area contributed by atoms with Gasteiger partial charge in [-0.15, -0.1) is 6.42 Å². The van der Waals surface area contributed by atoms with Gasteiger partial charge in [0.05, 0.1) is 19.7 Å². The van der Waals surface area contributed by atoms with E-state index in [2.05, 4.69) is 35.1 Å². The molecule has 4 heteroatoms. The number of carbonyl (C=O) groups excluding carboxylic acids is 1. The van der Waals surface area contributed by atoms with Gasteiger partial charge in [-0.25, -0.2) is 0 Å². The molecule has 0 saturated heterocycles. The lowest BCUT2D eigenvalue weighted by atomic mass is 10.1. The second-order valence-electron chi connectivity index (χ2n) is 7.19. The van der Waals surface area contributed by atoms with Gasteiger partial charge in [-0.1, -0.05) is 42.3 Å². The average molecular weight is 377 g/mol. The van der Waals surface area contributed by atoms with Crippen molar-refractivity contribution in [2.24, 2.45) is 0 Å². The number of nitrogens with zero attached hydrogens (tertiary/aromatic N) is 2. The maximum atomic E-state index is 12.9. The average Bonchev–Trinajstić information content (AvgIpc) is 3.13. The van der Waals surface area contributed by atoms with Gasteiger partial charge in [-0.2, -0.15) is 0 Å². The van der Waals surface area contributed by atoms with Crippen LogP contribution in [0, 0.1) is 12.3 Å². The van der Waals surface area contributed by atoms with E-state index in [0.29, 0.717) is 26.2 Å². The molecule has 1 unspecified atom stereocenters. The number of ether oxygens (including phenoxy) is 1. The van der Waals surface area contributed by atoms with E-state index in [-0.39, 0.29) is 11.9 Å². The van der Waals surface area contributed by atoms with E-state index < -0.39 is 0 Å². The highest BCUT2D eigenvalue weighted by Gasteiger charge is 2.29. The molecule has 2 aromatic carbocycles. The molecule has 1 aliphatic carbocycles. The van der Waals surface area contributed by atoms with Crippen LogP contribution in [0.5, 0.6) is 5.75 Å². The Bertz CT molecular complexity index is 838. The second kappa shape index (κ2) is 9.43. The molecule has 0 saturated carbocycles. The highest BCUT2D eigenvalue weighted by atomic mass is 16.5. The molecule has 0 N–H and O–H groups in total. The molecule has 2 aromatic rings. The lowest BCUT2D eigenvalue weighted by Gasteiger charge is -2.29. The van der Waals surface area contributed by atoms with Crippen LogP contribution in [0.4, 0.5) is 0 Å². The van der Waals surface area contributed by atoms with Crippen molar-refractivity contribution in [2.75, 3.05) is 26.7 Å². The van der Waals surface area contributed by atoms with Crippen molar-refractivity contribution in [3.8, 4) is 18.1 Å². The van der Waals surface area contributed by atoms with Crippen LogP contribution in [0.2, 0.25) is 0 Å². The predicted molar refractivity (Wildman–Crippen MR) is 112 cm³/mol. The number of benzene rings is 2. The van der Waals surface area contributed by atoms with E-state index in [1.54, 1.807) is 4.90 Å². The highest BCUT2D eigenvalue weighted by molar-refractivity contribution is 5.78. The zero-order chi connectivity index (χ0) is 19.9. The predicted octanol–water partition coefficient (Wildman–Crippen LogP) is 3.67. The first-order valence-electron chi connectivity index (χ1n) is 9.83. The summed E-state index contributed by atoms with van der Waals surface area (Å²) in [6.45, 7) is 3.98. The fourth-order valence-electron chi connectivity index (χ4n) is 3.82. The maximum Gasteiger partial charge on any atom is 0.236 e. The van der Waals surface area contributed by atoms with Crippen molar-refractivity contribution in [1.82, 2.24) is 9.80 Å². The molecule has 0 radical (unpaired) electrons. The van der Waals surface area contributed by atoms with Crippen molar-refractivity contribution in [1.29, 1.82) is 0 Å². The van der Waals surface area contributed by atoms with Gasteiger partial charge in [0.1, 0.15) is 5.75 Å². The third-order valence-electron chi connectivity index (χ3n) is 5.25. The molecule has 146 valence electrons. The summed E-state index contributed by atoms with van der Waals surface area (Å²) in [5.41, 5.74) is 3.75. The van der Waals surface area contributed by atoms with Crippen molar-refractivity contribution < 1.29 is 9.53 Å². The zero-order valence-corrected chi connectivity index (χ0v) is 16.7. The topological polar surface area (TPSA) is 32.8 Å². The fraction of sp³-hybridized carbons (Fsp3) is 0.375. The smallest absolute Gasteiger partial charge is 0.236 e. The molecule has 4 nitrogen and oxygen atoms in total. The number of terminal acetylenes is 1. The molecule has 0 aromatic heterocycles. The molecule has 0 heterocycles. The fourth-order valence-corrected chi connectivity index (χ4v) is 3.82. The van der Waals surface area contributed by atoms with Gasteiger partial charge >= 0.3 is 0 Å². The Morgan fingerprint density at radius 1 is 1.21 bits per heavy atom. The summed E-state index contributed by atoms with van der Waals surface area (Å²) < 4.78 is 5.47. The quantitative estimate of drug-likeness (QED) is 0.659. The monoisotopic (exact) mass is 376 g/mol. The van der Waals surface area contributed by atoms with Crippen molar-refractivity contribution >= 4 is 5.91 Å². The number of amides is 1. The summed E-state index contributed by atoms with van der Waals surface area (Å²) in [7, 11) is 1.84. The van der Waals surface area contributed by atoms with Gasteiger partial charge < -0.3 is 9.64 Å². The molecular weight excluding hydrogens is 348 g/mol. The Kier molecular flexibility index (Phi) is 6.73. The van der Waals surface area contributed by atoms with Crippen LogP contribution in [-0.4, -0.2) is 42.5 Å². The van der Waals surface area contributed by atoms with Crippen LogP contribution in [0.1, 0.15) is 36.1 Å². The molecular formula is C24H28N2O2. The molecule has 0 fully saturated rings. The second-order valence-corrected chi connectivity index (χ2v) is 7.19. The lowest BCUT2D eigenvalue weighted by molar-refractivity contribution is -0.132. The summed E-state index contributed by atoms with van der Waals surface area (Å²) >= 11 is 0. The van der Waals surface area contributed by atoms with Gasteiger partial charge in [0.25, 0.3) is 0 Å². The summed E-state index contributed by atoms with van der Waals surface area (Å²) in [6, 6.07) is 16.6. The minimum Gasteiger partial charge on any atom is -0.494 e. The molecule has 0 spiro atoms. The SMILES string of the molecule is C#CCN(CC(=O)N(C)Cc1ccc(OCC)cc1)C1CCc2ccccc21. The van der Waals surface area contributed by atoms with Crippen LogP contribution in [0.15, 0.2) is 48.5 Å². The third kappa shape index (κ3) is 4.74. The number of likely N-dealkylation sites (N-methyl/N-ethyl adjacent to an activating group) is 1. The Balaban J connectivity index is 1.63. The molecule has 1 aliphatic rings. The van der Waals surface area contributed by atoms with Crippen LogP contribution in [0.3, 0.4) is 0 Å². The van der Waals surface area contributed by atoms with Crippen molar-refractivity contribution in [3.05, 3.63) is 65.2 Å². The van der Waals surface area contributed by atoms with Crippen molar-refractivity contribution in [3.63, 3.8) is 0 Å². The summed E-state index contributed by atoms with van der Waals surface area (Å²) in [6.07, 6.45) is 7.65. The van der Waals surface area contributed by atoms with E-state index in [1.807, 2.05) is 38.2 Å². The lowest BCUT2D eigenvalue weighted by Crippen LogP contribution is -2.39. The number of carbonyl (C=O) groups is 1. The Hall–Kier alpha value is -2.77. The first kappa shape index (κ1) is 20.0. The van der Waals surface area contributed by atoms with Crippen LogP contribution >= 0.6 is 0 Å². The van der Waals surface area contributed by atoms with Gasteiger partial charge in [0.15, 0.2) is 0 Å². The number of rotatable bonds is 8. The number of hydrogen-bond acceptors (Lipinski definition) is 3. The normalized spacial score (nSPS) is 15.1. The van der Waals surface area contributed by atoms with E-state index in [1.165, 1.54) is 11.1 Å². The van der Waals surface area contributed by atoms with Crippen LogP contribution < -0.4 is 4.74 Å². The van der Waals surface area contributed by atoms with Crippen LogP contribution in [-0.2, 0) is 17.8 Å². The summed E-state index contributed by atoms with van der Waals surface area (Å²) in [4.78, 5) is 16.8. The molecule has 3 rings (SSSR count). The first-order chi connectivity index (χ1) is 13.6. The molecule has 0 bridgehead atoms. The van der Waals surface area contributed by atoms with Crippen LogP contribution in [0.25, 0.3) is 0 Å². The molecule has 1 atom stereocenters. The molecule has 28 heavy (non-hydrogen) atoms. The van der Waals surface area contributed by atoms with Gasteiger partial charge in [-0.05, 0) is 48.6 Å². The van der Waals surface area contributed by atoms with E-state index in [4.69, 9.17) is 11.2 Å². The van der Waals surface area contributed by atoms with Crippen molar-refractivity contribution in [2.45, 2.75) is 32.4 Å². The minimum atomic E-state index is 0.0773. The number of aryl methyl sites for hydroxylation is 1. The summed E-state index contributed by atoms with van der Waals surface area (Å²) in [5, 5.41) is 0. The first-order valence-corrected chi connectivity index (χ1v) is 9.83. The zero-order valence-electron chi connectivity index (χ0n) is 16.7. The Morgan fingerprint density at radius 2 is 1.96 bits per heavy atom. The maximum absolute atomic E-state index is 12.9. The van der Waals surface area contributed by atoms with E-state index in [9.17, 15) is 4.79 Å². The highest BCUT2D eigenvalue weighted by Crippen LogP contribution is 2.35. The van der Waals surface area contributed by atoms with Gasteiger partial charge in [-0.3, -0.25) is 9.69 Å². The number of fused-ring (bicyclic) bond motifs is 1. The van der Waals surface area contributed by atoms with E-state index in [0.717, 1.165) is 24.2 Å². The number of hydrogen-bond donors (Lipinski definition) is 0. The summed E-state index contributed by atoms with van der Waals surface area (Å²) in [5.74, 6) is 3.65. The van der Waals surface area contributed by atoms with Gasteiger partial charge in [0, 0.05) is 19.6 Å². The molecule has 0 aliphatic heterocycles. The molecule has 1 amide bonds. The Morgan fingerprint density at radius 3 is 2.68 bits per heavy atom. The van der Waals surface area contributed by atoms with Gasteiger partial charge in [0.2, 0.25) is 5.91 Å². The minimum absolute atomic E-state index is 0.0773. The third-order valence-corrected chi connectivity index (χ3v) is 5.25. The largest absolute Gasteiger partial charge is 0.494 e. The van der Waals surface area contributed by atoms with E-state index >= 15 is 0 Å².